The average Bonchev–Trinajstić information content (AvgIpc) is 3.20. The average molecular weight is 467 g/mol. The van der Waals surface area contributed by atoms with Gasteiger partial charge in [-0.15, -0.1) is 0 Å². The van der Waals surface area contributed by atoms with Gasteiger partial charge in [-0.05, 0) is 68.7 Å². The number of likely N-dealkylation sites (tertiary alicyclic amines) is 1. The molecule has 0 spiro atoms. The van der Waals surface area contributed by atoms with Crippen molar-refractivity contribution in [2.24, 2.45) is 0 Å². The number of nitrogens with zero attached hydrogens (tertiary/aromatic N) is 4. The lowest BCUT2D eigenvalue weighted by molar-refractivity contribution is -0.131. The van der Waals surface area contributed by atoms with Crippen LogP contribution in [0.1, 0.15) is 38.3 Å². The van der Waals surface area contributed by atoms with Crippen molar-refractivity contribution in [1.82, 2.24) is 9.88 Å². The summed E-state index contributed by atoms with van der Waals surface area (Å²) in [4.78, 5) is 34.4. The number of aromatic nitrogens is 1. The van der Waals surface area contributed by atoms with E-state index in [0.29, 0.717) is 17.9 Å². The van der Waals surface area contributed by atoms with Gasteiger partial charge in [0, 0.05) is 51.7 Å². The van der Waals surface area contributed by atoms with Crippen molar-refractivity contribution in [2.45, 2.75) is 45.4 Å². The first kappa shape index (κ1) is 25.2. The van der Waals surface area contributed by atoms with Crippen LogP contribution in [0.25, 0.3) is 6.08 Å². The number of hydrogen-bond acceptors (Lipinski definition) is 6. The van der Waals surface area contributed by atoms with Crippen LogP contribution in [0.5, 0.6) is 0 Å². The molecule has 2 aromatic rings. The lowest BCUT2D eigenvalue weighted by Crippen LogP contribution is -2.45. The molecule has 1 aliphatic heterocycles. The third-order valence-electron chi connectivity index (χ3n) is 5.50. The predicted octanol–water partition coefficient (Wildman–Crippen LogP) is 4.26. The number of benzene rings is 1. The van der Waals surface area contributed by atoms with E-state index in [2.05, 4.69) is 39.0 Å². The van der Waals surface area contributed by atoms with Gasteiger partial charge in [0.15, 0.2) is 0 Å². The van der Waals surface area contributed by atoms with Gasteiger partial charge in [-0.1, -0.05) is 12.1 Å². The molecule has 1 saturated heterocycles. The second-order valence-electron chi connectivity index (χ2n) is 9.71. The first-order valence-electron chi connectivity index (χ1n) is 11.4. The molecule has 3 rings (SSSR count). The van der Waals surface area contributed by atoms with E-state index in [1.165, 1.54) is 11.6 Å². The van der Waals surface area contributed by atoms with Gasteiger partial charge in [-0.2, -0.15) is 0 Å². The van der Waals surface area contributed by atoms with E-state index in [-0.39, 0.29) is 6.04 Å². The molecule has 0 bridgehead atoms. The fraction of sp³-hybridized carbons (Fsp3) is 0.423. The number of hydrogen-bond donors (Lipinski definition) is 1. The summed E-state index contributed by atoms with van der Waals surface area (Å²) >= 11 is 0. The Balaban J connectivity index is 1.76. The van der Waals surface area contributed by atoms with Gasteiger partial charge in [0.2, 0.25) is 0 Å². The van der Waals surface area contributed by atoms with Crippen LogP contribution in [0.15, 0.2) is 48.7 Å². The maximum Gasteiger partial charge on any atom is 0.416 e. The number of anilines is 2. The Bertz CT molecular complexity index is 1010. The number of pyridine rings is 1. The zero-order chi connectivity index (χ0) is 24.9. The smallest absolute Gasteiger partial charge is 0.416 e. The Morgan fingerprint density at radius 2 is 1.88 bits per heavy atom. The summed E-state index contributed by atoms with van der Waals surface area (Å²) < 4.78 is 5.70. The van der Waals surface area contributed by atoms with Gasteiger partial charge in [0.05, 0.1) is 6.04 Å². The zero-order valence-electron chi connectivity index (χ0n) is 20.6. The number of carbonyl (C=O) groups is 2. The summed E-state index contributed by atoms with van der Waals surface area (Å²) in [6, 6.07) is 11.9. The summed E-state index contributed by atoms with van der Waals surface area (Å²) in [5, 5.41) is 8.83. The monoisotopic (exact) mass is 466 g/mol. The topological polar surface area (TPSA) is 86.2 Å². The second kappa shape index (κ2) is 10.7. The first-order valence-corrected chi connectivity index (χ1v) is 11.4. The summed E-state index contributed by atoms with van der Waals surface area (Å²) in [6.45, 7) is 7.90. The highest BCUT2D eigenvalue weighted by Gasteiger charge is 2.35. The summed E-state index contributed by atoms with van der Waals surface area (Å²) in [7, 11) is 4.04. The molecule has 1 fully saturated rings. The molecule has 8 nitrogen and oxygen atoms in total. The van der Waals surface area contributed by atoms with Crippen molar-refractivity contribution in [3.63, 3.8) is 0 Å². The standard InChI is InChI=1S/C26H34N4O4/c1-26(2,3)34-25(33)30(23-12-8-19(16-27-23)9-13-24(31)32)22-14-15-29(18-22)17-20-6-10-21(11-7-20)28(4)5/h6-13,16,22H,14-15,17-18H2,1-5H3,(H,31,32)/t22-/m1/s1. The molecule has 0 unspecified atom stereocenters. The molecule has 1 aliphatic rings. The Labute approximate surface area is 201 Å². The third-order valence-corrected chi connectivity index (χ3v) is 5.50. The number of carboxylic acids is 1. The van der Waals surface area contributed by atoms with E-state index in [0.717, 1.165) is 31.3 Å². The molecule has 1 atom stereocenters. The minimum atomic E-state index is -1.03. The Morgan fingerprint density at radius 1 is 1.18 bits per heavy atom. The predicted molar refractivity (Wildman–Crippen MR) is 134 cm³/mol. The van der Waals surface area contributed by atoms with E-state index in [1.807, 2.05) is 34.9 Å². The van der Waals surface area contributed by atoms with Gasteiger partial charge < -0.3 is 14.7 Å². The normalized spacial score (nSPS) is 16.6. The van der Waals surface area contributed by atoms with Crippen molar-refractivity contribution in [3.8, 4) is 0 Å². The fourth-order valence-electron chi connectivity index (χ4n) is 3.87. The maximum atomic E-state index is 13.2. The van der Waals surface area contributed by atoms with E-state index in [4.69, 9.17) is 9.84 Å². The highest BCUT2D eigenvalue weighted by Crippen LogP contribution is 2.26. The van der Waals surface area contributed by atoms with Gasteiger partial charge in [-0.3, -0.25) is 9.80 Å². The lowest BCUT2D eigenvalue weighted by atomic mass is 10.2. The maximum absolute atomic E-state index is 13.2. The summed E-state index contributed by atoms with van der Waals surface area (Å²) in [5.74, 6) is -0.536. The zero-order valence-corrected chi connectivity index (χ0v) is 20.6. The minimum absolute atomic E-state index is 0.0798. The van der Waals surface area contributed by atoms with Crippen molar-refractivity contribution in [2.75, 3.05) is 37.0 Å². The van der Waals surface area contributed by atoms with Crippen molar-refractivity contribution < 1.29 is 19.4 Å². The molecule has 34 heavy (non-hydrogen) atoms. The van der Waals surface area contributed by atoms with Crippen molar-refractivity contribution in [3.05, 3.63) is 59.8 Å². The second-order valence-corrected chi connectivity index (χ2v) is 9.71. The molecule has 1 amide bonds. The molecule has 1 aromatic heterocycles. The molecule has 0 aliphatic carbocycles. The largest absolute Gasteiger partial charge is 0.478 e. The van der Waals surface area contributed by atoms with E-state index in [1.54, 1.807) is 23.2 Å². The van der Waals surface area contributed by atoms with Crippen LogP contribution in [0.4, 0.5) is 16.3 Å². The fourth-order valence-corrected chi connectivity index (χ4v) is 3.87. The molecule has 8 heteroatoms. The number of carboxylic acid groups (broad SMARTS) is 1. The first-order chi connectivity index (χ1) is 16.0. The highest BCUT2D eigenvalue weighted by molar-refractivity contribution is 5.88. The Kier molecular flexibility index (Phi) is 7.94. The van der Waals surface area contributed by atoms with E-state index < -0.39 is 17.7 Å². The quantitative estimate of drug-likeness (QED) is 0.610. The van der Waals surface area contributed by atoms with Crippen molar-refractivity contribution >= 4 is 29.6 Å². The summed E-state index contributed by atoms with van der Waals surface area (Å²) in [5.41, 5.74) is 2.39. The molecule has 0 saturated carbocycles. The van der Waals surface area contributed by atoms with E-state index in [9.17, 15) is 9.59 Å². The molecule has 1 aromatic carbocycles. The van der Waals surface area contributed by atoms with E-state index >= 15 is 0 Å². The molecule has 1 N–H and O–H groups in total. The number of ether oxygens (including phenoxy) is 1. The Hall–Kier alpha value is -3.39. The van der Waals surface area contributed by atoms with Crippen LogP contribution in [0.2, 0.25) is 0 Å². The van der Waals surface area contributed by atoms with Gasteiger partial charge in [0.1, 0.15) is 11.4 Å². The highest BCUT2D eigenvalue weighted by atomic mass is 16.6. The Morgan fingerprint density at radius 3 is 2.44 bits per heavy atom. The number of aliphatic carboxylic acids is 1. The number of amides is 1. The molecule has 0 radical (unpaired) electrons. The van der Waals surface area contributed by atoms with Crippen LogP contribution in [0.3, 0.4) is 0 Å². The third kappa shape index (κ3) is 7.05. The SMILES string of the molecule is CN(C)c1ccc(CN2CC[C@@H](N(C(=O)OC(C)(C)C)c3ccc(C=CC(=O)O)cn3)C2)cc1. The van der Waals surface area contributed by atoms with Gasteiger partial charge in [-0.25, -0.2) is 14.6 Å². The van der Waals surface area contributed by atoms with Gasteiger partial charge in [0.25, 0.3) is 0 Å². The lowest BCUT2D eigenvalue weighted by Gasteiger charge is -2.31. The summed E-state index contributed by atoms with van der Waals surface area (Å²) in [6.07, 6.45) is 4.46. The van der Waals surface area contributed by atoms with Crippen LogP contribution in [-0.4, -0.2) is 65.9 Å². The van der Waals surface area contributed by atoms with Crippen LogP contribution >= 0.6 is 0 Å². The van der Waals surface area contributed by atoms with Crippen LogP contribution < -0.4 is 9.80 Å². The molecular formula is C26H34N4O4. The molecule has 2 heterocycles. The minimum Gasteiger partial charge on any atom is -0.478 e. The van der Waals surface area contributed by atoms with Gasteiger partial charge >= 0.3 is 12.1 Å². The number of carbonyl (C=O) groups excluding carboxylic acids is 1. The van der Waals surface area contributed by atoms with Crippen molar-refractivity contribution in [1.29, 1.82) is 0 Å². The van der Waals surface area contributed by atoms with Crippen LogP contribution in [0, 0.1) is 0 Å². The molecular weight excluding hydrogens is 432 g/mol. The number of rotatable bonds is 7. The van der Waals surface area contributed by atoms with Crippen LogP contribution in [-0.2, 0) is 16.1 Å². The molecule has 182 valence electrons.